The number of nitrogens with zero attached hydrogens (tertiary/aromatic N) is 4. The van der Waals surface area contributed by atoms with Crippen LogP contribution in [0.4, 0.5) is 0 Å². The molecule has 0 aliphatic carbocycles. The van der Waals surface area contributed by atoms with Gasteiger partial charge in [0.25, 0.3) is 5.91 Å². The Morgan fingerprint density at radius 3 is 3.10 bits per heavy atom. The fourth-order valence-corrected chi connectivity index (χ4v) is 2.18. The molecular formula is C14H16N6O. The highest BCUT2D eigenvalue weighted by molar-refractivity contribution is 5.97. The number of nitrogens with one attached hydrogen (secondary N) is 2. The molecule has 0 saturated heterocycles. The van der Waals surface area contributed by atoms with Crippen molar-refractivity contribution in [2.75, 3.05) is 6.54 Å². The Morgan fingerprint density at radius 2 is 2.33 bits per heavy atom. The molecule has 2 N–H and O–H groups in total. The molecule has 0 unspecified atom stereocenters. The number of H-pyrrole nitrogens is 1. The number of carbonyl (C=O) groups is 1. The van der Waals surface area contributed by atoms with Crippen LogP contribution >= 0.6 is 0 Å². The molecule has 3 aromatic rings. The molecule has 0 spiro atoms. The number of fused-ring (bicyclic) bond motifs is 1. The molecule has 21 heavy (non-hydrogen) atoms. The molecule has 0 aliphatic heterocycles. The highest BCUT2D eigenvalue weighted by Crippen LogP contribution is 2.13. The van der Waals surface area contributed by atoms with Crippen molar-refractivity contribution in [2.45, 2.75) is 19.9 Å². The topological polar surface area (TPSA) is 88.5 Å². The van der Waals surface area contributed by atoms with E-state index in [0.717, 1.165) is 29.7 Å². The fraction of sp³-hybridized carbons (Fsp3) is 0.286. The average Bonchev–Trinajstić information content (AvgIpc) is 3.15. The first-order chi connectivity index (χ1) is 10.3. The van der Waals surface area contributed by atoms with Gasteiger partial charge >= 0.3 is 0 Å². The molecule has 0 aliphatic rings. The van der Waals surface area contributed by atoms with Crippen molar-refractivity contribution >= 4 is 16.9 Å². The van der Waals surface area contributed by atoms with Crippen molar-refractivity contribution in [3.63, 3.8) is 0 Å². The van der Waals surface area contributed by atoms with Gasteiger partial charge < -0.3 is 10.3 Å². The standard InChI is InChI=1S/C14H16N6O/c1-2-20-13-4-3-10(7-12(13)18-19-20)14(21)16-6-5-11-8-15-9-17-11/h3-4,7-9H,2,5-6H2,1H3,(H,15,17)(H,16,21). The monoisotopic (exact) mass is 284 g/mol. The fourth-order valence-electron chi connectivity index (χ4n) is 2.18. The zero-order chi connectivity index (χ0) is 14.7. The molecule has 2 heterocycles. The predicted molar refractivity (Wildman–Crippen MR) is 77.8 cm³/mol. The Balaban J connectivity index is 1.66. The van der Waals surface area contributed by atoms with Crippen LogP contribution in [0.15, 0.2) is 30.7 Å². The van der Waals surface area contributed by atoms with E-state index in [1.54, 1.807) is 29.3 Å². The third-order valence-electron chi connectivity index (χ3n) is 3.31. The second-order valence-corrected chi connectivity index (χ2v) is 4.69. The van der Waals surface area contributed by atoms with Crippen molar-refractivity contribution in [1.29, 1.82) is 0 Å². The Kier molecular flexibility index (Phi) is 3.63. The van der Waals surface area contributed by atoms with Crippen LogP contribution in [0.5, 0.6) is 0 Å². The largest absolute Gasteiger partial charge is 0.352 e. The number of amides is 1. The SMILES string of the molecule is CCn1nnc2cc(C(=O)NCCc3cnc[nH]3)ccc21. The zero-order valence-electron chi connectivity index (χ0n) is 11.7. The highest BCUT2D eigenvalue weighted by Gasteiger charge is 2.09. The minimum atomic E-state index is -0.109. The van der Waals surface area contributed by atoms with Crippen LogP contribution in [0.1, 0.15) is 23.0 Å². The number of carbonyl (C=O) groups excluding carboxylic acids is 1. The van der Waals surface area contributed by atoms with Crippen LogP contribution in [0.2, 0.25) is 0 Å². The lowest BCUT2D eigenvalue weighted by Gasteiger charge is -2.04. The maximum absolute atomic E-state index is 12.1. The molecule has 0 bridgehead atoms. The van der Waals surface area contributed by atoms with E-state index in [1.807, 2.05) is 13.0 Å². The molecule has 1 aromatic carbocycles. The van der Waals surface area contributed by atoms with E-state index in [1.165, 1.54) is 0 Å². The summed E-state index contributed by atoms with van der Waals surface area (Å²) in [4.78, 5) is 19.0. The average molecular weight is 284 g/mol. The summed E-state index contributed by atoms with van der Waals surface area (Å²) in [6.07, 6.45) is 4.10. The summed E-state index contributed by atoms with van der Waals surface area (Å²) in [6.45, 7) is 3.32. The Bertz CT molecular complexity index is 746. The molecule has 0 radical (unpaired) electrons. The van der Waals surface area contributed by atoms with Gasteiger partial charge in [0.05, 0.1) is 11.8 Å². The quantitative estimate of drug-likeness (QED) is 0.735. The molecule has 7 nitrogen and oxygen atoms in total. The number of benzene rings is 1. The van der Waals surface area contributed by atoms with Gasteiger partial charge in [-0.3, -0.25) is 4.79 Å². The van der Waals surface area contributed by atoms with E-state index in [0.29, 0.717) is 12.1 Å². The first-order valence-corrected chi connectivity index (χ1v) is 6.86. The number of hydrogen-bond acceptors (Lipinski definition) is 4. The summed E-state index contributed by atoms with van der Waals surface area (Å²) in [5.41, 5.74) is 3.26. The van der Waals surface area contributed by atoms with Gasteiger partial charge in [-0.2, -0.15) is 0 Å². The van der Waals surface area contributed by atoms with Gasteiger partial charge in [-0.15, -0.1) is 5.10 Å². The van der Waals surface area contributed by atoms with Gasteiger partial charge in [0, 0.05) is 37.0 Å². The van der Waals surface area contributed by atoms with Crippen LogP contribution < -0.4 is 5.32 Å². The number of hydrogen-bond donors (Lipinski definition) is 2. The number of aromatic amines is 1. The Labute approximate surface area is 121 Å². The summed E-state index contributed by atoms with van der Waals surface area (Å²) < 4.78 is 1.80. The van der Waals surface area contributed by atoms with Crippen molar-refractivity contribution in [3.05, 3.63) is 42.0 Å². The van der Waals surface area contributed by atoms with E-state index in [2.05, 4.69) is 25.6 Å². The van der Waals surface area contributed by atoms with E-state index in [9.17, 15) is 4.79 Å². The summed E-state index contributed by atoms with van der Waals surface area (Å²) in [5.74, 6) is -0.109. The van der Waals surface area contributed by atoms with E-state index >= 15 is 0 Å². The van der Waals surface area contributed by atoms with Crippen LogP contribution in [-0.4, -0.2) is 37.4 Å². The van der Waals surface area contributed by atoms with Gasteiger partial charge in [0.2, 0.25) is 0 Å². The van der Waals surface area contributed by atoms with E-state index in [-0.39, 0.29) is 5.91 Å². The summed E-state index contributed by atoms with van der Waals surface area (Å²) in [5, 5.41) is 11.0. The summed E-state index contributed by atoms with van der Waals surface area (Å²) in [7, 11) is 0. The van der Waals surface area contributed by atoms with Gasteiger partial charge in [-0.25, -0.2) is 9.67 Å². The van der Waals surface area contributed by atoms with Crippen LogP contribution in [-0.2, 0) is 13.0 Å². The lowest BCUT2D eigenvalue weighted by atomic mass is 10.2. The molecule has 2 aromatic heterocycles. The molecule has 1 amide bonds. The maximum Gasteiger partial charge on any atom is 0.251 e. The van der Waals surface area contributed by atoms with Crippen LogP contribution in [0, 0.1) is 0 Å². The maximum atomic E-state index is 12.1. The number of aromatic nitrogens is 5. The lowest BCUT2D eigenvalue weighted by molar-refractivity contribution is 0.0954. The van der Waals surface area contributed by atoms with Crippen molar-refractivity contribution in [2.24, 2.45) is 0 Å². The second-order valence-electron chi connectivity index (χ2n) is 4.69. The minimum Gasteiger partial charge on any atom is -0.352 e. The van der Waals surface area contributed by atoms with E-state index < -0.39 is 0 Å². The Hall–Kier alpha value is -2.70. The van der Waals surface area contributed by atoms with Crippen molar-refractivity contribution < 1.29 is 4.79 Å². The van der Waals surface area contributed by atoms with Gasteiger partial charge in [-0.05, 0) is 25.1 Å². The normalized spacial score (nSPS) is 10.9. The van der Waals surface area contributed by atoms with Crippen LogP contribution in [0.3, 0.4) is 0 Å². The zero-order valence-corrected chi connectivity index (χ0v) is 11.7. The van der Waals surface area contributed by atoms with E-state index in [4.69, 9.17) is 0 Å². The van der Waals surface area contributed by atoms with Gasteiger partial charge in [0.15, 0.2) is 0 Å². The molecular weight excluding hydrogens is 268 g/mol. The Morgan fingerprint density at radius 1 is 1.43 bits per heavy atom. The first kappa shape index (κ1) is 13.3. The first-order valence-electron chi connectivity index (χ1n) is 6.86. The number of imidazole rings is 1. The predicted octanol–water partition coefficient (Wildman–Crippen LogP) is 1.15. The van der Waals surface area contributed by atoms with Crippen molar-refractivity contribution in [3.8, 4) is 0 Å². The second kappa shape index (κ2) is 5.74. The number of aryl methyl sites for hydroxylation is 1. The van der Waals surface area contributed by atoms with Crippen LogP contribution in [0.25, 0.3) is 11.0 Å². The summed E-state index contributed by atoms with van der Waals surface area (Å²) >= 11 is 0. The minimum absolute atomic E-state index is 0.109. The third-order valence-corrected chi connectivity index (χ3v) is 3.31. The van der Waals surface area contributed by atoms with Gasteiger partial charge in [0.1, 0.15) is 5.52 Å². The smallest absolute Gasteiger partial charge is 0.251 e. The lowest BCUT2D eigenvalue weighted by Crippen LogP contribution is -2.25. The molecule has 0 fully saturated rings. The molecule has 3 rings (SSSR count). The van der Waals surface area contributed by atoms with Gasteiger partial charge in [-0.1, -0.05) is 5.21 Å². The molecule has 108 valence electrons. The summed E-state index contributed by atoms with van der Waals surface area (Å²) in [6, 6.07) is 5.44. The molecule has 0 atom stereocenters. The molecule has 0 saturated carbocycles. The molecule has 7 heteroatoms. The highest BCUT2D eigenvalue weighted by atomic mass is 16.1. The number of rotatable bonds is 5. The third kappa shape index (κ3) is 2.76. The van der Waals surface area contributed by atoms with Crippen molar-refractivity contribution in [1.82, 2.24) is 30.3 Å².